The normalized spacial score (nSPS) is 10.4. The third kappa shape index (κ3) is 3.48. The van der Waals surface area contributed by atoms with Crippen LogP contribution in [-0.2, 0) is 0 Å². The van der Waals surface area contributed by atoms with Crippen LogP contribution in [0, 0.1) is 0 Å². The molecule has 2 aromatic carbocycles. The largest absolute Gasteiger partial charge is 0.399 e. The molecule has 0 saturated carbocycles. The summed E-state index contributed by atoms with van der Waals surface area (Å²) in [7, 11) is 0. The number of primary amides is 1. The van der Waals surface area contributed by atoms with Crippen molar-refractivity contribution < 1.29 is 9.59 Å². The molecule has 0 aliphatic heterocycles. The summed E-state index contributed by atoms with van der Waals surface area (Å²) in [4.78, 5) is 23.8. The lowest BCUT2D eigenvalue weighted by atomic mass is 10.1. The van der Waals surface area contributed by atoms with E-state index in [1.807, 2.05) is 0 Å². The van der Waals surface area contributed by atoms with Crippen LogP contribution in [0.1, 0.15) is 20.7 Å². The molecule has 2 aromatic rings. The van der Waals surface area contributed by atoms with Gasteiger partial charge in [-0.25, -0.2) is 0 Å². The minimum Gasteiger partial charge on any atom is -0.399 e. The second kappa shape index (κ2) is 6.84. The zero-order chi connectivity index (χ0) is 17.3. The smallest absolute Gasteiger partial charge is 0.258 e. The maximum absolute atomic E-state index is 12.4. The molecule has 120 valence electrons. The molecule has 0 atom stereocenters. The molecule has 5 N–H and O–H groups in total. The van der Waals surface area contributed by atoms with Gasteiger partial charge in [0, 0.05) is 11.4 Å². The van der Waals surface area contributed by atoms with E-state index in [4.69, 9.17) is 57.9 Å². The Kier molecular flexibility index (Phi) is 5.26. The van der Waals surface area contributed by atoms with Crippen LogP contribution < -0.4 is 16.8 Å². The summed E-state index contributed by atoms with van der Waals surface area (Å²) in [6.45, 7) is 0. The number of nitrogen functional groups attached to an aromatic ring is 1. The zero-order valence-corrected chi connectivity index (χ0v) is 14.3. The molecule has 0 saturated heterocycles. The van der Waals surface area contributed by atoms with Crippen molar-refractivity contribution in [1.82, 2.24) is 0 Å². The fourth-order valence-corrected chi connectivity index (χ4v) is 3.02. The van der Waals surface area contributed by atoms with E-state index < -0.39 is 11.8 Å². The van der Waals surface area contributed by atoms with Crippen molar-refractivity contribution in [2.75, 3.05) is 11.1 Å². The molecule has 0 aromatic heterocycles. The summed E-state index contributed by atoms with van der Waals surface area (Å²) < 4.78 is 0. The quantitative estimate of drug-likeness (QED) is 0.538. The number of carbonyl (C=O) groups is 2. The van der Waals surface area contributed by atoms with Gasteiger partial charge in [-0.05, 0) is 24.3 Å². The third-order valence-corrected chi connectivity index (χ3v) is 4.61. The van der Waals surface area contributed by atoms with E-state index in [0.717, 1.165) is 0 Å². The van der Waals surface area contributed by atoms with Crippen molar-refractivity contribution in [3.05, 3.63) is 55.5 Å². The predicted octanol–water partition coefficient (Wildman–Crippen LogP) is 4.23. The van der Waals surface area contributed by atoms with E-state index in [2.05, 4.69) is 5.32 Å². The molecule has 2 amide bonds. The average Bonchev–Trinajstić information content (AvgIpc) is 2.48. The Morgan fingerprint density at radius 3 is 1.70 bits per heavy atom. The lowest BCUT2D eigenvalue weighted by Gasteiger charge is -2.14. The van der Waals surface area contributed by atoms with Gasteiger partial charge in [-0.3, -0.25) is 9.59 Å². The number of benzene rings is 2. The lowest BCUT2D eigenvalue weighted by Crippen LogP contribution is -2.17. The monoisotopic (exact) mass is 391 g/mol. The number of carbonyl (C=O) groups excluding carboxylic acids is 2. The number of rotatable bonds is 3. The highest BCUT2D eigenvalue weighted by molar-refractivity contribution is 6.53. The molecule has 2 rings (SSSR count). The van der Waals surface area contributed by atoms with Crippen LogP contribution in [-0.4, -0.2) is 11.8 Å². The third-order valence-electron chi connectivity index (χ3n) is 2.91. The van der Waals surface area contributed by atoms with Crippen LogP contribution in [0.4, 0.5) is 11.4 Å². The highest BCUT2D eigenvalue weighted by Gasteiger charge is 2.26. The summed E-state index contributed by atoms with van der Waals surface area (Å²) in [5.41, 5.74) is 11.3. The minimum absolute atomic E-state index is 0.162. The minimum atomic E-state index is -0.908. The first-order valence-corrected chi connectivity index (χ1v) is 7.57. The van der Waals surface area contributed by atoms with Crippen molar-refractivity contribution in [3.8, 4) is 0 Å². The number of nitrogens with one attached hydrogen (secondary N) is 1. The van der Waals surface area contributed by atoms with Crippen molar-refractivity contribution in [2.45, 2.75) is 0 Å². The van der Waals surface area contributed by atoms with E-state index in [-0.39, 0.29) is 31.2 Å². The summed E-state index contributed by atoms with van der Waals surface area (Å²) in [5, 5.41) is 1.65. The van der Waals surface area contributed by atoms with Crippen LogP contribution in [0.25, 0.3) is 0 Å². The summed E-state index contributed by atoms with van der Waals surface area (Å²) in [6.07, 6.45) is 0. The fourth-order valence-electron chi connectivity index (χ4n) is 1.81. The number of hydrogen-bond acceptors (Lipinski definition) is 3. The van der Waals surface area contributed by atoms with Crippen molar-refractivity contribution in [3.63, 3.8) is 0 Å². The Labute approximate surface area is 151 Å². The standard InChI is InChI=1S/C14H9Cl4N3O2/c15-9-7(13(20)22)10(16)12(18)8(11(9)17)14(23)21-6-3-1-5(19)2-4-6/h1-4H,19H2,(H2,20,22)(H,21,23). The van der Waals surface area contributed by atoms with E-state index in [0.29, 0.717) is 11.4 Å². The van der Waals surface area contributed by atoms with Crippen LogP contribution >= 0.6 is 46.4 Å². The molecule has 0 spiro atoms. The summed E-state index contributed by atoms with van der Waals surface area (Å²) in [5.74, 6) is -1.56. The number of amides is 2. The molecular weight excluding hydrogens is 384 g/mol. The van der Waals surface area contributed by atoms with Crippen LogP contribution in [0.3, 0.4) is 0 Å². The van der Waals surface area contributed by atoms with Crippen molar-refractivity contribution in [1.29, 1.82) is 0 Å². The maximum atomic E-state index is 12.4. The second-order valence-corrected chi connectivity index (χ2v) is 5.96. The van der Waals surface area contributed by atoms with Gasteiger partial charge in [-0.1, -0.05) is 46.4 Å². The van der Waals surface area contributed by atoms with Gasteiger partial charge < -0.3 is 16.8 Å². The molecule has 0 heterocycles. The van der Waals surface area contributed by atoms with Gasteiger partial charge >= 0.3 is 0 Å². The highest BCUT2D eigenvalue weighted by atomic mass is 35.5. The number of anilines is 2. The van der Waals surface area contributed by atoms with Gasteiger partial charge in [0.1, 0.15) is 0 Å². The molecule has 5 nitrogen and oxygen atoms in total. The SMILES string of the molecule is NC(=O)c1c(Cl)c(Cl)c(C(=O)Nc2ccc(N)cc2)c(Cl)c1Cl. The Bertz CT molecular complexity index is 778. The number of nitrogens with two attached hydrogens (primary N) is 2. The van der Waals surface area contributed by atoms with Gasteiger partial charge in [0.15, 0.2) is 0 Å². The van der Waals surface area contributed by atoms with Gasteiger partial charge in [0.2, 0.25) is 0 Å². The zero-order valence-electron chi connectivity index (χ0n) is 11.3. The van der Waals surface area contributed by atoms with Gasteiger partial charge in [0.25, 0.3) is 11.8 Å². The molecule has 0 aliphatic rings. The lowest BCUT2D eigenvalue weighted by molar-refractivity contribution is 0.0995. The molecule has 23 heavy (non-hydrogen) atoms. The van der Waals surface area contributed by atoms with Crippen molar-refractivity contribution >= 4 is 69.6 Å². The van der Waals surface area contributed by atoms with E-state index >= 15 is 0 Å². The molecule has 0 bridgehead atoms. The molecule has 0 unspecified atom stereocenters. The summed E-state index contributed by atoms with van der Waals surface area (Å²) >= 11 is 24.0. The molecule has 9 heteroatoms. The van der Waals surface area contributed by atoms with Crippen LogP contribution in [0.15, 0.2) is 24.3 Å². The first-order chi connectivity index (χ1) is 10.7. The second-order valence-electron chi connectivity index (χ2n) is 4.45. The van der Waals surface area contributed by atoms with Crippen LogP contribution in [0.5, 0.6) is 0 Å². The van der Waals surface area contributed by atoms with Crippen molar-refractivity contribution in [2.24, 2.45) is 5.73 Å². The molecular formula is C14H9Cl4N3O2. The van der Waals surface area contributed by atoms with Gasteiger partial charge in [-0.2, -0.15) is 0 Å². The Morgan fingerprint density at radius 1 is 0.826 bits per heavy atom. The van der Waals surface area contributed by atoms with E-state index in [9.17, 15) is 9.59 Å². The Morgan fingerprint density at radius 2 is 1.26 bits per heavy atom. The number of hydrogen-bond donors (Lipinski definition) is 3. The number of halogens is 4. The highest BCUT2D eigenvalue weighted by Crippen LogP contribution is 2.41. The van der Waals surface area contributed by atoms with Gasteiger partial charge in [-0.15, -0.1) is 0 Å². The first-order valence-electron chi connectivity index (χ1n) is 6.06. The fraction of sp³-hybridized carbons (Fsp3) is 0. The van der Waals surface area contributed by atoms with Crippen LogP contribution in [0.2, 0.25) is 20.1 Å². The predicted molar refractivity (Wildman–Crippen MR) is 93.8 cm³/mol. The Hall–Kier alpha value is -1.66. The molecule has 0 fully saturated rings. The van der Waals surface area contributed by atoms with E-state index in [1.165, 1.54) is 0 Å². The van der Waals surface area contributed by atoms with E-state index in [1.54, 1.807) is 24.3 Å². The summed E-state index contributed by atoms with van der Waals surface area (Å²) in [6, 6.07) is 6.40. The topological polar surface area (TPSA) is 98.2 Å². The average molecular weight is 393 g/mol. The van der Waals surface area contributed by atoms with Gasteiger partial charge in [0.05, 0.1) is 31.2 Å². The molecule has 0 aliphatic carbocycles. The molecule has 0 radical (unpaired) electrons. The maximum Gasteiger partial charge on any atom is 0.258 e. The Balaban J connectivity index is 2.49. The first kappa shape index (κ1) is 17.7.